The molecule has 2 aromatic carbocycles. The van der Waals surface area contributed by atoms with E-state index in [0.29, 0.717) is 41.2 Å². The van der Waals surface area contributed by atoms with Crippen LogP contribution in [-0.4, -0.2) is 57.4 Å². The molecule has 3 aromatic rings. The summed E-state index contributed by atoms with van der Waals surface area (Å²) in [5.74, 6) is 0.0843. The number of para-hydroxylation sites is 1. The first-order valence-corrected chi connectivity index (χ1v) is 13.3. The molecule has 192 valence electrons. The van der Waals surface area contributed by atoms with Gasteiger partial charge in [-0.25, -0.2) is 0 Å². The molecular weight excluding hydrogens is 529 g/mol. The van der Waals surface area contributed by atoms with Gasteiger partial charge in [0.2, 0.25) is 0 Å². The number of hydrogen-bond acceptors (Lipinski definition) is 5. The standard InChI is InChI=1S/C29H32AsN3O4/c1-29(2,3)37-28(35)33-15-9-12-20(17-33)22-16-23(32-26(30)25(22)27(31)34)21-13-7-8-14-24(21)36-18-19-10-5-4-6-11-19/h4-8,10-11,13-14,16,20H,9,12,15,17-18H2,1-3H3,(H2,31,34). The zero-order valence-corrected chi connectivity index (χ0v) is 23.3. The zero-order chi connectivity index (χ0) is 26.6. The van der Waals surface area contributed by atoms with Crippen LogP contribution in [0.1, 0.15) is 61.0 Å². The molecule has 4 rings (SSSR count). The second-order valence-electron chi connectivity index (χ2n) is 10.2. The third-order valence-electron chi connectivity index (χ3n) is 6.19. The molecule has 0 spiro atoms. The molecule has 7 nitrogen and oxygen atoms in total. The Labute approximate surface area is 226 Å². The molecule has 2 N–H and O–H groups in total. The van der Waals surface area contributed by atoms with Crippen molar-refractivity contribution in [3.05, 3.63) is 77.4 Å². The summed E-state index contributed by atoms with van der Waals surface area (Å²) in [4.78, 5) is 31.7. The number of nitrogens with zero attached hydrogens (tertiary/aromatic N) is 2. The molecule has 0 bridgehead atoms. The Kier molecular flexibility index (Phi) is 8.23. The molecule has 1 fully saturated rings. The zero-order valence-electron chi connectivity index (χ0n) is 21.4. The number of carbonyl (C=O) groups is 2. The van der Waals surface area contributed by atoms with Crippen molar-refractivity contribution in [2.24, 2.45) is 5.73 Å². The number of amides is 2. The Morgan fingerprint density at radius 1 is 1.11 bits per heavy atom. The van der Waals surface area contributed by atoms with E-state index in [9.17, 15) is 9.59 Å². The van der Waals surface area contributed by atoms with Gasteiger partial charge in [0.05, 0.1) is 0 Å². The molecule has 1 aromatic heterocycles. The van der Waals surface area contributed by atoms with Crippen molar-refractivity contribution >= 4 is 33.3 Å². The fraction of sp³-hybridized carbons (Fsp3) is 0.345. The first kappa shape index (κ1) is 26.7. The average molecular weight is 562 g/mol. The molecule has 1 unspecified atom stereocenters. The maximum absolute atomic E-state index is 12.8. The SMILES string of the molecule is CC(C)(C)OC(=O)N1CCCC(c2cc(-c3ccccc3OCc3ccccc3)nc([As])c2C(N)=O)C1. The average Bonchev–Trinajstić information content (AvgIpc) is 2.86. The van der Waals surface area contributed by atoms with E-state index in [2.05, 4.69) is 16.9 Å². The van der Waals surface area contributed by atoms with Crippen LogP contribution in [0.15, 0.2) is 60.7 Å². The number of benzene rings is 2. The first-order chi connectivity index (χ1) is 17.6. The van der Waals surface area contributed by atoms with Crippen LogP contribution in [0.2, 0.25) is 0 Å². The summed E-state index contributed by atoms with van der Waals surface area (Å²) in [5.41, 5.74) is 8.99. The second kappa shape index (κ2) is 11.4. The topological polar surface area (TPSA) is 94.8 Å². The maximum atomic E-state index is 12.8. The summed E-state index contributed by atoms with van der Waals surface area (Å²) in [7, 11) is 0. The summed E-state index contributed by atoms with van der Waals surface area (Å²) in [6.07, 6.45) is 1.27. The van der Waals surface area contributed by atoms with E-state index in [1.807, 2.05) is 81.4 Å². The van der Waals surface area contributed by atoms with Gasteiger partial charge in [-0.05, 0) is 0 Å². The molecule has 1 aliphatic heterocycles. The molecule has 0 aliphatic carbocycles. The van der Waals surface area contributed by atoms with Crippen molar-refractivity contribution in [2.75, 3.05) is 13.1 Å². The number of carbonyl (C=O) groups excluding carboxylic acids is 2. The summed E-state index contributed by atoms with van der Waals surface area (Å²) >= 11 is 2.36. The van der Waals surface area contributed by atoms with Gasteiger partial charge in [-0.3, -0.25) is 0 Å². The normalized spacial score (nSPS) is 15.8. The molecule has 0 saturated carbocycles. The van der Waals surface area contributed by atoms with Gasteiger partial charge in [0.15, 0.2) is 0 Å². The number of hydrogen-bond donors (Lipinski definition) is 1. The van der Waals surface area contributed by atoms with Gasteiger partial charge in [0.25, 0.3) is 0 Å². The number of primary amides is 1. The third kappa shape index (κ3) is 6.72. The van der Waals surface area contributed by atoms with E-state index in [0.717, 1.165) is 29.5 Å². The van der Waals surface area contributed by atoms with Gasteiger partial charge in [-0.1, -0.05) is 0 Å². The number of likely N-dealkylation sites (tertiary alicyclic amines) is 1. The van der Waals surface area contributed by atoms with Crippen LogP contribution in [0, 0.1) is 0 Å². The van der Waals surface area contributed by atoms with E-state index in [-0.39, 0.29) is 12.0 Å². The van der Waals surface area contributed by atoms with E-state index in [1.54, 1.807) is 4.90 Å². The van der Waals surface area contributed by atoms with Crippen LogP contribution < -0.4 is 15.0 Å². The molecule has 37 heavy (non-hydrogen) atoms. The minimum atomic E-state index is -0.580. The summed E-state index contributed by atoms with van der Waals surface area (Å²) < 4.78 is 12.3. The van der Waals surface area contributed by atoms with Gasteiger partial charge < -0.3 is 0 Å². The van der Waals surface area contributed by atoms with Crippen LogP contribution in [0.4, 0.5) is 4.79 Å². The van der Waals surface area contributed by atoms with Crippen LogP contribution >= 0.6 is 0 Å². The Morgan fingerprint density at radius 3 is 2.51 bits per heavy atom. The fourth-order valence-corrected chi connectivity index (χ4v) is 5.25. The fourth-order valence-electron chi connectivity index (χ4n) is 4.53. The second-order valence-corrected chi connectivity index (χ2v) is 11.1. The van der Waals surface area contributed by atoms with Crippen molar-refractivity contribution < 1.29 is 19.1 Å². The van der Waals surface area contributed by atoms with Crippen molar-refractivity contribution in [3.8, 4) is 17.0 Å². The monoisotopic (exact) mass is 561 g/mol. The van der Waals surface area contributed by atoms with E-state index < -0.39 is 11.5 Å². The van der Waals surface area contributed by atoms with Crippen LogP contribution in [0.5, 0.6) is 5.75 Å². The molecular formula is C29H32AsN3O4. The molecule has 2 amide bonds. The van der Waals surface area contributed by atoms with Crippen molar-refractivity contribution in [1.29, 1.82) is 0 Å². The van der Waals surface area contributed by atoms with Crippen molar-refractivity contribution in [1.82, 2.24) is 9.88 Å². The van der Waals surface area contributed by atoms with Gasteiger partial charge in [-0.15, -0.1) is 0 Å². The Morgan fingerprint density at radius 2 is 1.81 bits per heavy atom. The van der Waals surface area contributed by atoms with Gasteiger partial charge in [0, 0.05) is 0 Å². The number of rotatable bonds is 6. The molecule has 2 radical (unpaired) electrons. The number of nitrogens with two attached hydrogens (primary N) is 1. The third-order valence-corrected chi connectivity index (χ3v) is 6.87. The number of pyridine rings is 1. The predicted octanol–water partition coefficient (Wildman–Crippen LogP) is 4.33. The predicted molar refractivity (Wildman–Crippen MR) is 144 cm³/mol. The van der Waals surface area contributed by atoms with E-state index in [4.69, 9.17) is 20.2 Å². The van der Waals surface area contributed by atoms with E-state index >= 15 is 0 Å². The molecule has 1 aliphatic rings. The Bertz CT molecular complexity index is 1270. The minimum absolute atomic E-state index is 0.0779. The molecule has 1 saturated heterocycles. The quantitative estimate of drug-likeness (QED) is 0.452. The Hall–Kier alpha value is -3.31. The van der Waals surface area contributed by atoms with Crippen LogP contribution in [-0.2, 0) is 11.3 Å². The van der Waals surface area contributed by atoms with Gasteiger partial charge in [-0.2, -0.15) is 0 Å². The Balaban J connectivity index is 1.67. The van der Waals surface area contributed by atoms with Gasteiger partial charge in [0.1, 0.15) is 0 Å². The van der Waals surface area contributed by atoms with Gasteiger partial charge >= 0.3 is 227 Å². The molecule has 2 heterocycles. The summed E-state index contributed by atoms with van der Waals surface area (Å²) in [6.45, 7) is 7.03. The number of aromatic nitrogens is 1. The summed E-state index contributed by atoms with van der Waals surface area (Å²) in [5, 5.41) is 0. The number of ether oxygens (including phenoxy) is 2. The van der Waals surface area contributed by atoms with Crippen LogP contribution in [0.3, 0.4) is 0 Å². The first-order valence-electron chi connectivity index (χ1n) is 12.4. The summed E-state index contributed by atoms with van der Waals surface area (Å²) in [6, 6.07) is 19.6. The molecule has 1 atom stereocenters. The number of piperidine rings is 1. The molecule has 8 heteroatoms. The van der Waals surface area contributed by atoms with Crippen molar-refractivity contribution in [3.63, 3.8) is 0 Å². The van der Waals surface area contributed by atoms with Crippen LogP contribution in [0.25, 0.3) is 11.3 Å². The van der Waals surface area contributed by atoms with E-state index in [1.165, 1.54) is 0 Å². The van der Waals surface area contributed by atoms with Crippen molar-refractivity contribution in [2.45, 2.75) is 51.7 Å².